The van der Waals surface area contributed by atoms with E-state index in [1.54, 1.807) is 24.3 Å². The van der Waals surface area contributed by atoms with Crippen LogP contribution in [0.15, 0.2) is 51.8 Å². The number of carbonyl (C=O) groups excluding carboxylic acids is 2. The smallest absolute Gasteiger partial charge is 0.341 e. The molecule has 0 saturated heterocycles. The number of esters is 1. The first-order valence-electron chi connectivity index (χ1n) is 7.59. The van der Waals surface area contributed by atoms with Crippen molar-refractivity contribution in [3.05, 3.63) is 60.1 Å². The summed E-state index contributed by atoms with van der Waals surface area (Å²) >= 11 is 0. The number of amides is 1. The number of aromatic nitrogens is 2. The van der Waals surface area contributed by atoms with E-state index in [4.69, 9.17) is 18.4 Å². The van der Waals surface area contributed by atoms with Gasteiger partial charge >= 0.3 is 5.97 Å². The van der Waals surface area contributed by atoms with E-state index in [2.05, 4.69) is 15.5 Å². The number of anilines is 1. The van der Waals surface area contributed by atoms with Gasteiger partial charge in [-0.05, 0) is 18.2 Å². The maximum absolute atomic E-state index is 12.1. The molecule has 2 aromatic heterocycles. The van der Waals surface area contributed by atoms with Crippen molar-refractivity contribution in [1.29, 1.82) is 0 Å². The van der Waals surface area contributed by atoms with Crippen molar-refractivity contribution in [1.82, 2.24) is 10.1 Å². The second-order valence-electron chi connectivity index (χ2n) is 5.12. The van der Waals surface area contributed by atoms with Crippen molar-refractivity contribution >= 4 is 17.6 Å². The molecule has 0 saturated carbocycles. The first kappa shape index (κ1) is 17.2. The highest BCUT2D eigenvalue weighted by molar-refractivity contribution is 5.93. The van der Waals surface area contributed by atoms with Crippen LogP contribution in [-0.2, 0) is 22.6 Å². The molecule has 1 aromatic carbocycles. The van der Waals surface area contributed by atoms with E-state index < -0.39 is 5.97 Å². The average Bonchev–Trinajstić information content (AvgIpc) is 3.32. The molecule has 3 aromatic rings. The standard InChI is InChI=1S/C17H15N3O6/c1-23-13-5-3-2-4-12(13)18-15(21)8-14-19-16(26-20-14)10-25-17(22)11-6-7-24-9-11/h2-7,9H,8,10H2,1H3,(H,18,21). The van der Waals surface area contributed by atoms with Gasteiger partial charge in [0.1, 0.15) is 12.0 Å². The fraction of sp³-hybridized carbons (Fsp3) is 0.176. The fourth-order valence-electron chi connectivity index (χ4n) is 2.10. The van der Waals surface area contributed by atoms with Gasteiger partial charge in [-0.15, -0.1) is 0 Å². The highest BCUT2D eigenvalue weighted by atomic mass is 16.6. The zero-order valence-corrected chi connectivity index (χ0v) is 13.8. The Balaban J connectivity index is 1.53. The number of rotatable bonds is 7. The van der Waals surface area contributed by atoms with Crippen LogP contribution in [-0.4, -0.2) is 29.1 Å². The van der Waals surface area contributed by atoms with Gasteiger partial charge in [0.15, 0.2) is 12.4 Å². The highest BCUT2D eigenvalue weighted by Crippen LogP contribution is 2.23. The number of hydrogen-bond donors (Lipinski definition) is 1. The molecule has 0 aliphatic heterocycles. The molecule has 9 nitrogen and oxygen atoms in total. The third kappa shape index (κ3) is 4.26. The lowest BCUT2D eigenvalue weighted by Gasteiger charge is -2.08. The molecule has 0 unspecified atom stereocenters. The van der Waals surface area contributed by atoms with Crippen molar-refractivity contribution in [2.24, 2.45) is 0 Å². The minimum Gasteiger partial charge on any atom is -0.495 e. The molecule has 0 aliphatic rings. The van der Waals surface area contributed by atoms with Crippen LogP contribution >= 0.6 is 0 Å². The normalized spacial score (nSPS) is 10.3. The molecule has 3 rings (SSSR count). The predicted molar refractivity (Wildman–Crippen MR) is 87.5 cm³/mol. The molecule has 134 valence electrons. The summed E-state index contributed by atoms with van der Waals surface area (Å²) in [5, 5.41) is 6.40. The Morgan fingerprint density at radius 2 is 2.08 bits per heavy atom. The summed E-state index contributed by atoms with van der Waals surface area (Å²) in [6.07, 6.45) is 2.53. The monoisotopic (exact) mass is 357 g/mol. The largest absolute Gasteiger partial charge is 0.495 e. The lowest BCUT2D eigenvalue weighted by molar-refractivity contribution is -0.115. The second kappa shape index (κ2) is 7.97. The van der Waals surface area contributed by atoms with Crippen LogP contribution in [0, 0.1) is 0 Å². The van der Waals surface area contributed by atoms with E-state index in [1.165, 1.54) is 25.7 Å². The minimum atomic E-state index is -0.576. The van der Waals surface area contributed by atoms with Crippen molar-refractivity contribution in [3.8, 4) is 5.75 Å². The van der Waals surface area contributed by atoms with Crippen molar-refractivity contribution < 1.29 is 28.0 Å². The Morgan fingerprint density at radius 3 is 2.85 bits per heavy atom. The Labute approximate surface area is 147 Å². The van der Waals surface area contributed by atoms with Crippen LogP contribution in [0.2, 0.25) is 0 Å². The quantitative estimate of drug-likeness (QED) is 0.640. The summed E-state index contributed by atoms with van der Waals surface area (Å²) in [4.78, 5) is 27.8. The van der Waals surface area contributed by atoms with Crippen LogP contribution in [0.3, 0.4) is 0 Å². The molecule has 2 heterocycles. The molecule has 0 bridgehead atoms. The number of hydrogen-bond acceptors (Lipinski definition) is 8. The fourth-order valence-corrected chi connectivity index (χ4v) is 2.10. The molecule has 9 heteroatoms. The van der Waals surface area contributed by atoms with E-state index in [1.807, 2.05) is 0 Å². The molecule has 0 fully saturated rings. The summed E-state index contributed by atoms with van der Waals surface area (Å²) in [7, 11) is 1.52. The van der Waals surface area contributed by atoms with Gasteiger partial charge in [0.2, 0.25) is 5.91 Å². The molecule has 0 spiro atoms. The lowest BCUT2D eigenvalue weighted by Crippen LogP contribution is -2.15. The van der Waals surface area contributed by atoms with Crippen molar-refractivity contribution in [2.75, 3.05) is 12.4 Å². The molecule has 0 atom stereocenters. The van der Waals surface area contributed by atoms with Crippen LogP contribution in [0.4, 0.5) is 5.69 Å². The number of carbonyl (C=O) groups is 2. The van der Waals surface area contributed by atoms with Gasteiger partial charge in [0, 0.05) is 0 Å². The maximum atomic E-state index is 12.1. The third-order valence-corrected chi connectivity index (χ3v) is 3.29. The number of benzene rings is 1. The van der Waals surface area contributed by atoms with Gasteiger partial charge in [-0.1, -0.05) is 17.3 Å². The van der Waals surface area contributed by atoms with E-state index >= 15 is 0 Å². The van der Waals surface area contributed by atoms with Gasteiger partial charge in [0.05, 0.1) is 31.0 Å². The number of ether oxygens (including phenoxy) is 2. The number of nitrogens with one attached hydrogen (secondary N) is 1. The average molecular weight is 357 g/mol. The molecule has 0 radical (unpaired) electrons. The summed E-state index contributed by atoms with van der Waals surface area (Å²) in [6.45, 7) is -0.203. The van der Waals surface area contributed by atoms with Crippen molar-refractivity contribution in [3.63, 3.8) is 0 Å². The summed E-state index contributed by atoms with van der Waals surface area (Å²) < 4.78 is 19.9. The SMILES string of the molecule is COc1ccccc1NC(=O)Cc1noc(COC(=O)c2ccoc2)n1. The maximum Gasteiger partial charge on any atom is 0.341 e. The number of furan rings is 1. The van der Waals surface area contributed by atoms with Crippen LogP contribution in [0.1, 0.15) is 22.1 Å². The first-order valence-corrected chi connectivity index (χ1v) is 7.59. The number of para-hydroxylation sites is 2. The lowest BCUT2D eigenvalue weighted by atomic mass is 10.2. The molecular weight excluding hydrogens is 342 g/mol. The summed E-state index contributed by atoms with van der Waals surface area (Å²) in [5.74, 6) is -0.112. The number of methoxy groups -OCH3 is 1. The highest BCUT2D eigenvalue weighted by Gasteiger charge is 2.15. The zero-order chi connectivity index (χ0) is 18.4. The predicted octanol–water partition coefficient (Wildman–Crippen LogP) is 2.21. The Kier molecular flexibility index (Phi) is 5.28. The minimum absolute atomic E-state index is 0.0851. The molecular formula is C17H15N3O6. The van der Waals surface area contributed by atoms with Gasteiger partial charge in [-0.2, -0.15) is 4.98 Å². The van der Waals surface area contributed by atoms with E-state index in [9.17, 15) is 9.59 Å². The topological polar surface area (TPSA) is 117 Å². The molecule has 1 amide bonds. The van der Waals surface area contributed by atoms with Crippen LogP contribution in [0.5, 0.6) is 5.75 Å². The third-order valence-electron chi connectivity index (χ3n) is 3.29. The van der Waals surface area contributed by atoms with Gasteiger partial charge in [-0.3, -0.25) is 4.79 Å². The molecule has 26 heavy (non-hydrogen) atoms. The Bertz CT molecular complexity index is 888. The van der Waals surface area contributed by atoms with Crippen LogP contribution < -0.4 is 10.1 Å². The second-order valence-corrected chi connectivity index (χ2v) is 5.12. The van der Waals surface area contributed by atoms with Gasteiger partial charge in [-0.25, -0.2) is 4.79 Å². The molecule has 1 N–H and O–H groups in total. The zero-order valence-electron chi connectivity index (χ0n) is 13.8. The van der Waals surface area contributed by atoms with E-state index in [0.717, 1.165) is 0 Å². The van der Waals surface area contributed by atoms with Crippen molar-refractivity contribution in [2.45, 2.75) is 13.0 Å². The van der Waals surface area contributed by atoms with Gasteiger partial charge in [0.25, 0.3) is 5.89 Å². The molecule has 0 aliphatic carbocycles. The van der Waals surface area contributed by atoms with Gasteiger partial charge < -0.3 is 23.7 Å². The Hall–Kier alpha value is -3.62. The van der Waals surface area contributed by atoms with E-state index in [-0.39, 0.29) is 36.2 Å². The number of nitrogens with zero attached hydrogens (tertiary/aromatic N) is 2. The van der Waals surface area contributed by atoms with Crippen LogP contribution in [0.25, 0.3) is 0 Å². The van der Waals surface area contributed by atoms with E-state index in [0.29, 0.717) is 11.4 Å². The summed E-state index contributed by atoms with van der Waals surface area (Å²) in [6, 6.07) is 8.50. The first-order chi connectivity index (χ1) is 12.7. The Morgan fingerprint density at radius 1 is 1.23 bits per heavy atom. The summed E-state index contributed by atoms with van der Waals surface area (Å²) in [5.41, 5.74) is 0.818.